The molecule has 0 saturated heterocycles. The lowest BCUT2D eigenvalue weighted by Crippen LogP contribution is -2.36. The van der Waals surface area contributed by atoms with E-state index in [2.05, 4.69) is 9.97 Å². The fourth-order valence-corrected chi connectivity index (χ4v) is 4.26. The largest absolute Gasteiger partial charge is 0.497 e. The van der Waals surface area contributed by atoms with E-state index in [1.165, 1.54) is 11.3 Å². The van der Waals surface area contributed by atoms with Crippen LogP contribution in [0.15, 0.2) is 61.2 Å². The molecule has 0 radical (unpaired) electrons. The van der Waals surface area contributed by atoms with Crippen molar-refractivity contribution in [2.75, 3.05) is 25.2 Å². The molecule has 0 bridgehead atoms. The molecule has 0 unspecified atom stereocenters. The summed E-state index contributed by atoms with van der Waals surface area (Å²) in [6.07, 6.45) is 6.21. The van der Waals surface area contributed by atoms with Gasteiger partial charge in [0, 0.05) is 25.5 Å². The Bertz CT molecular complexity index is 1160. The van der Waals surface area contributed by atoms with Crippen molar-refractivity contribution < 1.29 is 14.3 Å². The maximum atomic E-state index is 13.1. The first-order valence-corrected chi connectivity index (χ1v) is 10.8. The number of imidazole rings is 1. The van der Waals surface area contributed by atoms with Crippen LogP contribution in [-0.2, 0) is 11.3 Å². The lowest BCUT2D eigenvalue weighted by molar-refractivity contribution is -0.120. The van der Waals surface area contributed by atoms with Gasteiger partial charge in [-0.05, 0) is 49.2 Å². The van der Waals surface area contributed by atoms with Crippen LogP contribution in [0.5, 0.6) is 11.5 Å². The topological polar surface area (TPSA) is 69.5 Å². The number of halogens is 1. The van der Waals surface area contributed by atoms with Gasteiger partial charge in [0.15, 0.2) is 11.7 Å². The quantitative estimate of drug-likeness (QED) is 0.352. The lowest BCUT2D eigenvalue weighted by Gasteiger charge is -2.20. The Morgan fingerprint density at radius 3 is 2.81 bits per heavy atom. The molecule has 2 aromatic heterocycles. The van der Waals surface area contributed by atoms with Gasteiger partial charge in [-0.15, -0.1) is 12.4 Å². The molecule has 0 saturated carbocycles. The van der Waals surface area contributed by atoms with Crippen molar-refractivity contribution in [1.82, 2.24) is 14.5 Å². The number of aryl methyl sites for hydroxylation is 2. The van der Waals surface area contributed by atoms with Crippen LogP contribution in [0.25, 0.3) is 10.2 Å². The summed E-state index contributed by atoms with van der Waals surface area (Å²) >= 11 is 1.47. The van der Waals surface area contributed by atoms with Crippen LogP contribution in [0.1, 0.15) is 12.0 Å². The minimum Gasteiger partial charge on any atom is -0.497 e. The molecule has 0 N–H and O–H groups in total. The first-order chi connectivity index (χ1) is 15.1. The number of fused-ring (bicyclic) bond motifs is 1. The summed E-state index contributed by atoms with van der Waals surface area (Å²) in [5.74, 6) is 1.32. The van der Waals surface area contributed by atoms with Gasteiger partial charge < -0.3 is 14.0 Å². The number of amides is 1. The fourth-order valence-electron chi connectivity index (χ4n) is 3.22. The van der Waals surface area contributed by atoms with Crippen LogP contribution >= 0.6 is 23.7 Å². The molecule has 1 amide bonds. The van der Waals surface area contributed by atoms with Gasteiger partial charge in [0.05, 0.1) is 23.7 Å². The Kier molecular flexibility index (Phi) is 8.08. The SMILES string of the molecule is COc1ccc2nc(N(CCCn3ccnc3)C(=O)COc3cccc(C)c3)sc2c1.Cl. The van der Waals surface area contributed by atoms with Gasteiger partial charge in [-0.25, -0.2) is 9.97 Å². The molecule has 9 heteroatoms. The second-order valence-corrected chi connectivity index (χ2v) is 8.14. The molecule has 7 nitrogen and oxygen atoms in total. The first kappa shape index (κ1) is 23.6. The Hall–Kier alpha value is -3.10. The van der Waals surface area contributed by atoms with Crippen LogP contribution in [-0.4, -0.2) is 40.7 Å². The zero-order chi connectivity index (χ0) is 21.6. The zero-order valence-electron chi connectivity index (χ0n) is 17.9. The Balaban J connectivity index is 0.00000289. The number of thiazole rings is 1. The van der Waals surface area contributed by atoms with Gasteiger partial charge in [0.25, 0.3) is 5.91 Å². The zero-order valence-corrected chi connectivity index (χ0v) is 19.6. The Morgan fingerprint density at radius 2 is 2.06 bits per heavy atom. The average molecular weight is 473 g/mol. The molecular weight excluding hydrogens is 448 g/mol. The number of ether oxygens (including phenoxy) is 2. The molecular formula is C23H25ClN4O3S. The van der Waals surface area contributed by atoms with Gasteiger partial charge in [0.2, 0.25) is 0 Å². The summed E-state index contributed by atoms with van der Waals surface area (Å²) in [6.45, 7) is 3.24. The third-order valence-corrected chi connectivity index (χ3v) is 5.87. The number of carbonyl (C=O) groups excluding carboxylic acids is 1. The van der Waals surface area contributed by atoms with Crippen molar-refractivity contribution >= 4 is 45.0 Å². The van der Waals surface area contributed by atoms with Crippen molar-refractivity contribution in [1.29, 1.82) is 0 Å². The van der Waals surface area contributed by atoms with Crippen molar-refractivity contribution in [3.8, 4) is 11.5 Å². The van der Waals surface area contributed by atoms with E-state index in [0.29, 0.717) is 17.4 Å². The monoisotopic (exact) mass is 472 g/mol. The molecule has 0 aliphatic rings. The Morgan fingerprint density at radius 1 is 1.19 bits per heavy atom. The van der Waals surface area contributed by atoms with E-state index in [-0.39, 0.29) is 24.9 Å². The van der Waals surface area contributed by atoms with Crippen molar-refractivity contribution in [3.05, 3.63) is 66.7 Å². The summed E-state index contributed by atoms with van der Waals surface area (Å²) in [5.41, 5.74) is 1.93. The van der Waals surface area contributed by atoms with Gasteiger partial charge in [-0.1, -0.05) is 23.5 Å². The second kappa shape index (κ2) is 11.0. The maximum absolute atomic E-state index is 13.1. The van der Waals surface area contributed by atoms with Crippen LogP contribution in [0, 0.1) is 6.92 Å². The molecule has 4 rings (SSSR count). The minimum atomic E-state index is -0.127. The number of anilines is 1. The van der Waals surface area contributed by atoms with Crippen molar-refractivity contribution in [2.45, 2.75) is 19.9 Å². The summed E-state index contributed by atoms with van der Waals surface area (Å²) < 4.78 is 14.0. The van der Waals surface area contributed by atoms with Crippen molar-refractivity contribution in [3.63, 3.8) is 0 Å². The molecule has 168 valence electrons. The molecule has 4 aromatic rings. The van der Waals surface area contributed by atoms with Crippen molar-refractivity contribution in [2.24, 2.45) is 0 Å². The third-order valence-electron chi connectivity index (χ3n) is 4.83. The molecule has 32 heavy (non-hydrogen) atoms. The number of rotatable bonds is 9. The van der Waals surface area contributed by atoms with E-state index in [1.807, 2.05) is 60.2 Å². The van der Waals surface area contributed by atoms with E-state index in [1.54, 1.807) is 24.5 Å². The predicted molar refractivity (Wildman–Crippen MR) is 129 cm³/mol. The number of benzene rings is 2. The molecule has 0 aliphatic heterocycles. The number of aromatic nitrogens is 3. The van der Waals surface area contributed by atoms with Crippen LogP contribution in [0.3, 0.4) is 0 Å². The summed E-state index contributed by atoms with van der Waals surface area (Å²) in [7, 11) is 1.64. The molecule has 2 heterocycles. The van der Waals surface area contributed by atoms with E-state index in [0.717, 1.165) is 34.5 Å². The van der Waals surface area contributed by atoms with Crippen LogP contribution < -0.4 is 14.4 Å². The average Bonchev–Trinajstić information content (AvgIpc) is 3.44. The summed E-state index contributed by atoms with van der Waals surface area (Å²) in [6, 6.07) is 13.4. The minimum absolute atomic E-state index is 0. The molecule has 0 spiro atoms. The number of hydrogen-bond donors (Lipinski definition) is 0. The highest BCUT2D eigenvalue weighted by molar-refractivity contribution is 7.22. The molecule has 0 aliphatic carbocycles. The standard InChI is InChI=1S/C23H24N4O3S.ClH/c1-17-5-3-6-19(13-17)30-15-22(28)27(11-4-10-26-12-9-24-16-26)23-25-20-8-7-18(29-2)14-21(20)31-23;/h3,5-9,12-14,16H,4,10-11,15H2,1-2H3;1H. The van der Waals surface area contributed by atoms with Gasteiger partial charge in [-0.2, -0.15) is 0 Å². The highest BCUT2D eigenvalue weighted by atomic mass is 35.5. The van der Waals surface area contributed by atoms with E-state index in [9.17, 15) is 4.79 Å². The predicted octanol–water partition coefficient (Wildman–Crippen LogP) is 4.73. The molecule has 2 aromatic carbocycles. The van der Waals surface area contributed by atoms with Gasteiger partial charge in [-0.3, -0.25) is 9.69 Å². The maximum Gasteiger partial charge on any atom is 0.266 e. The Labute approximate surface area is 197 Å². The number of nitrogens with zero attached hydrogens (tertiary/aromatic N) is 4. The normalized spacial score (nSPS) is 10.6. The summed E-state index contributed by atoms with van der Waals surface area (Å²) in [5, 5.41) is 0.659. The summed E-state index contributed by atoms with van der Waals surface area (Å²) in [4.78, 5) is 23.6. The molecule has 0 atom stereocenters. The highest BCUT2D eigenvalue weighted by Gasteiger charge is 2.20. The number of methoxy groups -OCH3 is 1. The van der Waals surface area contributed by atoms with Crippen LogP contribution in [0.2, 0.25) is 0 Å². The lowest BCUT2D eigenvalue weighted by atomic mass is 10.2. The van der Waals surface area contributed by atoms with Gasteiger partial charge in [0.1, 0.15) is 11.5 Å². The smallest absolute Gasteiger partial charge is 0.266 e. The first-order valence-electron chi connectivity index (χ1n) is 10.0. The molecule has 0 fully saturated rings. The van der Waals surface area contributed by atoms with Gasteiger partial charge >= 0.3 is 0 Å². The van der Waals surface area contributed by atoms with E-state index in [4.69, 9.17) is 9.47 Å². The van der Waals surface area contributed by atoms with Crippen LogP contribution in [0.4, 0.5) is 5.13 Å². The number of hydrogen-bond acceptors (Lipinski definition) is 6. The van der Waals surface area contributed by atoms with E-state index < -0.39 is 0 Å². The highest BCUT2D eigenvalue weighted by Crippen LogP contribution is 2.31. The van der Waals surface area contributed by atoms with E-state index >= 15 is 0 Å². The fraction of sp³-hybridized carbons (Fsp3) is 0.261. The third kappa shape index (κ3) is 5.77. The second-order valence-electron chi connectivity index (χ2n) is 7.13. The number of carbonyl (C=O) groups is 1.